The third-order valence-electron chi connectivity index (χ3n) is 6.32. The minimum Gasteiger partial charge on any atom is -0.490 e. The Hall–Kier alpha value is -3.42. The van der Waals surface area contributed by atoms with Crippen LogP contribution >= 0.6 is 11.6 Å². The van der Waals surface area contributed by atoms with Gasteiger partial charge in [-0.15, -0.1) is 0 Å². The number of hydrogen-bond donors (Lipinski definition) is 2. The van der Waals surface area contributed by atoms with Crippen molar-refractivity contribution in [2.24, 2.45) is 0 Å². The van der Waals surface area contributed by atoms with Crippen molar-refractivity contribution in [1.29, 1.82) is 0 Å². The Morgan fingerprint density at radius 1 is 1.11 bits per heavy atom. The van der Waals surface area contributed by atoms with E-state index >= 15 is 0 Å². The van der Waals surface area contributed by atoms with Crippen LogP contribution in [-0.4, -0.2) is 39.2 Å². The number of halogens is 1. The van der Waals surface area contributed by atoms with Crippen LogP contribution in [0.25, 0.3) is 16.8 Å². The summed E-state index contributed by atoms with van der Waals surface area (Å²) >= 11 is 6.14. The van der Waals surface area contributed by atoms with Gasteiger partial charge in [0.1, 0.15) is 11.4 Å². The zero-order valence-corrected chi connectivity index (χ0v) is 20.3. The summed E-state index contributed by atoms with van der Waals surface area (Å²) in [5, 5.41) is 11.4. The molecule has 4 aromatic rings. The van der Waals surface area contributed by atoms with E-state index in [4.69, 9.17) is 16.3 Å². The smallest absolute Gasteiger partial charge is 0.274 e. The molecule has 2 N–H and O–H groups in total. The van der Waals surface area contributed by atoms with E-state index in [1.165, 1.54) is 0 Å². The van der Waals surface area contributed by atoms with E-state index in [0.29, 0.717) is 28.1 Å². The second kappa shape index (κ2) is 10.5. The molecule has 180 valence electrons. The molecule has 1 fully saturated rings. The van der Waals surface area contributed by atoms with Crippen molar-refractivity contribution in [2.45, 2.75) is 44.8 Å². The van der Waals surface area contributed by atoms with Gasteiger partial charge in [-0.25, -0.2) is 9.50 Å². The Morgan fingerprint density at radius 3 is 2.66 bits per heavy atom. The first-order valence-corrected chi connectivity index (χ1v) is 12.4. The molecule has 2 aromatic heterocycles. The number of anilines is 1. The largest absolute Gasteiger partial charge is 0.490 e. The Labute approximate surface area is 209 Å². The number of hydrogen-bond acceptors (Lipinski definition) is 5. The van der Waals surface area contributed by atoms with Crippen molar-refractivity contribution in [3.63, 3.8) is 0 Å². The molecule has 35 heavy (non-hydrogen) atoms. The monoisotopic (exact) mass is 489 g/mol. The molecular weight excluding hydrogens is 462 g/mol. The van der Waals surface area contributed by atoms with Crippen molar-refractivity contribution >= 4 is 28.8 Å². The predicted octanol–water partition coefficient (Wildman–Crippen LogP) is 5.60. The minimum atomic E-state index is -0.291. The molecule has 1 saturated carbocycles. The van der Waals surface area contributed by atoms with E-state index in [0.717, 1.165) is 49.1 Å². The third-order valence-corrected chi connectivity index (χ3v) is 6.55. The molecule has 1 amide bonds. The molecule has 1 aliphatic rings. The standard InChI is InChI=1S/C27H28ClN5O2/c1-2-29-20-6-10-22(11-7-20)35-23-12-8-21(9-13-23)31-27(34)25-14-15-33-26(32-25)24(17-30-33)18-4-3-5-19(28)16-18/h3-5,8-9,12-17,20,22,29H,2,6-7,10-11H2,1H3,(H,31,34)/t20-,22+. The quantitative estimate of drug-likeness (QED) is 0.353. The van der Waals surface area contributed by atoms with Crippen LogP contribution in [0.2, 0.25) is 5.02 Å². The van der Waals surface area contributed by atoms with E-state index in [2.05, 4.69) is 27.6 Å². The van der Waals surface area contributed by atoms with E-state index in [-0.39, 0.29) is 12.0 Å². The lowest BCUT2D eigenvalue weighted by Gasteiger charge is -2.29. The van der Waals surface area contributed by atoms with Crippen molar-refractivity contribution in [3.05, 3.63) is 77.7 Å². The number of rotatable bonds is 7. The fraction of sp³-hybridized carbons (Fsp3) is 0.296. The third kappa shape index (κ3) is 5.47. The van der Waals surface area contributed by atoms with Gasteiger partial charge in [0.15, 0.2) is 5.65 Å². The molecule has 0 aliphatic heterocycles. The summed E-state index contributed by atoms with van der Waals surface area (Å²) in [5.74, 6) is 0.529. The highest BCUT2D eigenvalue weighted by atomic mass is 35.5. The molecule has 0 bridgehead atoms. The zero-order valence-electron chi connectivity index (χ0n) is 19.6. The Bertz CT molecular complexity index is 1310. The number of amides is 1. The maximum atomic E-state index is 12.9. The SMILES string of the molecule is CCN[C@H]1CC[C@@H](Oc2ccc(NC(=O)c3ccn4ncc(-c5cccc(Cl)c5)c4n3)cc2)CC1. The highest BCUT2D eigenvalue weighted by Gasteiger charge is 2.21. The second-order valence-electron chi connectivity index (χ2n) is 8.78. The lowest BCUT2D eigenvalue weighted by Crippen LogP contribution is -2.36. The number of ether oxygens (including phenoxy) is 1. The number of nitrogens with zero attached hydrogens (tertiary/aromatic N) is 3. The Morgan fingerprint density at radius 2 is 1.91 bits per heavy atom. The summed E-state index contributed by atoms with van der Waals surface area (Å²) in [4.78, 5) is 17.5. The predicted molar refractivity (Wildman–Crippen MR) is 138 cm³/mol. The fourth-order valence-electron chi connectivity index (χ4n) is 4.53. The lowest BCUT2D eigenvalue weighted by molar-refractivity contribution is 0.102. The number of fused-ring (bicyclic) bond motifs is 1. The molecule has 2 aromatic carbocycles. The topological polar surface area (TPSA) is 80.5 Å². The lowest BCUT2D eigenvalue weighted by atomic mass is 9.93. The van der Waals surface area contributed by atoms with Gasteiger partial charge in [-0.05, 0) is 80.3 Å². The van der Waals surface area contributed by atoms with Crippen molar-refractivity contribution in [3.8, 4) is 16.9 Å². The van der Waals surface area contributed by atoms with Gasteiger partial charge in [0, 0.05) is 28.5 Å². The molecule has 1 aliphatic carbocycles. The summed E-state index contributed by atoms with van der Waals surface area (Å²) in [7, 11) is 0. The second-order valence-corrected chi connectivity index (χ2v) is 9.21. The van der Waals surface area contributed by atoms with Gasteiger partial charge in [0.05, 0.1) is 12.3 Å². The molecule has 5 rings (SSSR count). The maximum Gasteiger partial charge on any atom is 0.274 e. The Kier molecular flexibility index (Phi) is 6.97. The first-order chi connectivity index (χ1) is 17.1. The van der Waals surface area contributed by atoms with Crippen molar-refractivity contribution < 1.29 is 9.53 Å². The van der Waals surface area contributed by atoms with Crippen LogP contribution in [0.15, 0.2) is 67.0 Å². The van der Waals surface area contributed by atoms with Gasteiger partial charge >= 0.3 is 0 Å². The van der Waals surface area contributed by atoms with E-state index in [1.54, 1.807) is 23.0 Å². The molecule has 0 spiro atoms. The molecular formula is C27H28ClN5O2. The van der Waals surface area contributed by atoms with Crippen LogP contribution in [0.4, 0.5) is 5.69 Å². The van der Waals surface area contributed by atoms with Crippen LogP contribution in [0.3, 0.4) is 0 Å². The van der Waals surface area contributed by atoms with Gasteiger partial charge in [-0.3, -0.25) is 4.79 Å². The summed E-state index contributed by atoms with van der Waals surface area (Å²) in [6.45, 7) is 3.16. The van der Waals surface area contributed by atoms with Gasteiger partial charge in [0.25, 0.3) is 5.91 Å². The van der Waals surface area contributed by atoms with E-state index in [9.17, 15) is 4.79 Å². The molecule has 2 heterocycles. The summed E-state index contributed by atoms with van der Waals surface area (Å²) in [6.07, 6.45) is 8.08. The molecule has 8 heteroatoms. The maximum absolute atomic E-state index is 12.9. The number of nitrogens with one attached hydrogen (secondary N) is 2. The average Bonchev–Trinajstić information content (AvgIpc) is 3.30. The summed E-state index contributed by atoms with van der Waals surface area (Å²) in [6, 6.07) is 17.2. The van der Waals surface area contributed by atoms with Gasteiger partial charge in [-0.2, -0.15) is 5.10 Å². The highest BCUT2D eigenvalue weighted by Crippen LogP contribution is 2.27. The number of carbonyl (C=O) groups excluding carboxylic acids is 1. The first-order valence-electron chi connectivity index (χ1n) is 12.0. The van der Waals surface area contributed by atoms with Crippen LogP contribution < -0.4 is 15.4 Å². The van der Waals surface area contributed by atoms with Crippen LogP contribution in [0.1, 0.15) is 43.1 Å². The van der Waals surface area contributed by atoms with Crippen molar-refractivity contribution in [1.82, 2.24) is 19.9 Å². The first kappa shape index (κ1) is 23.3. The summed E-state index contributed by atoms with van der Waals surface area (Å²) in [5.41, 5.74) is 3.28. The van der Waals surface area contributed by atoms with Crippen LogP contribution in [-0.2, 0) is 0 Å². The van der Waals surface area contributed by atoms with E-state index < -0.39 is 0 Å². The molecule has 0 atom stereocenters. The van der Waals surface area contributed by atoms with Gasteiger partial charge in [0.2, 0.25) is 0 Å². The number of benzene rings is 2. The number of carbonyl (C=O) groups is 1. The number of aromatic nitrogens is 3. The molecule has 0 unspecified atom stereocenters. The summed E-state index contributed by atoms with van der Waals surface area (Å²) < 4.78 is 7.80. The van der Waals surface area contributed by atoms with Crippen LogP contribution in [0.5, 0.6) is 5.75 Å². The molecule has 0 saturated heterocycles. The van der Waals surface area contributed by atoms with Gasteiger partial charge < -0.3 is 15.4 Å². The zero-order chi connectivity index (χ0) is 24.2. The van der Waals surface area contributed by atoms with Crippen molar-refractivity contribution in [2.75, 3.05) is 11.9 Å². The van der Waals surface area contributed by atoms with Crippen LogP contribution in [0, 0.1) is 0 Å². The van der Waals surface area contributed by atoms with Gasteiger partial charge in [-0.1, -0.05) is 30.7 Å². The average molecular weight is 490 g/mol. The highest BCUT2D eigenvalue weighted by molar-refractivity contribution is 6.30. The fourth-order valence-corrected chi connectivity index (χ4v) is 4.72. The normalized spacial score (nSPS) is 17.9. The molecule has 0 radical (unpaired) electrons. The Balaban J connectivity index is 1.24. The van der Waals surface area contributed by atoms with E-state index in [1.807, 2.05) is 48.5 Å². The molecule has 7 nitrogen and oxygen atoms in total. The minimum absolute atomic E-state index is 0.241.